The van der Waals surface area contributed by atoms with Gasteiger partial charge in [-0.15, -0.1) is 0 Å². The summed E-state index contributed by atoms with van der Waals surface area (Å²) >= 11 is 1.57. The molecular formula is C22H26N4OS. The molecule has 0 bridgehead atoms. The minimum absolute atomic E-state index is 0.0716. The van der Waals surface area contributed by atoms with Gasteiger partial charge in [-0.3, -0.25) is 4.79 Å². The van der Waals surface area contributed by atoms with Crippen LogP contribution in [0.5, 0.6) is 0 Å². The van der Waals surface area contributed by atoms with E-state index in [0.29, 0.717) is 17.4 Å². The lowest BCUT2D eigenvalue weighted by Gasteiger charge is -2.39. The van der Waals surface area contributed by atoms with Crippen molar-refractivity contribution in [2.45, 2.75) is 51.6 Å². The Morgan fingerprint density at radius 3 is 2.61 bits per heavy atom. The van der Waals surface area contributed by atoms with Crippen molar-refractivity contribution in [1.82, 2.24) is 9.97 Å². The number of hydrogen-bond donors (Lipinski definition) is 2. The van der Waals surface area contributed by atoms with Gasteiger partial charge in [0.15, 0.2) is 10.9 Å². The van der Waals surface area contributed by atoms with Crippen LogP contribution in [-0.4, -0.2) is 21.5 Å². The van der Waals surface area contributed by atoms with Crippen LogP contribution in [-0.2, 0) is 4.79 Å². The average Bonchev–Trinajstić information content (AvgIpc) is 2.60. The highest BCUT2D eigenvalue weighted by Crippen LogP contribution is 2.50. The summed E-state index contributed by atoms with van der Waals surface area (Å²) in [5, 5.41) is 4.12. The Morgan fingerprint density at radius 2 is 1.93 bits per heavy atom. The van der Waals surface area contributed by atoms with Crippen LogP contribution in [0.3, 0.4) is 0 Å². The summed E-state index contributed by atoms with van der Waals surface area (Å²) in [5.41, 5.74) is 11.2. The number of anilines is 2. The molecular weight excluding hydrogens is 368 g/mol. The molecule has 0 saturated heterocycles. The molecule has 1 aliphatic heterocycles. The molecule has 0 spiro atoms. The summed E-state index contributed by atoms with van der Waals surface area (Å²) in [7, 11) is 0. The molecule has 3 N–H and O–H groups in total. The van der Waals surface area contributed by atoms with Crippen LogP contribution in [0.4, 0.5) is 11.6 Å². The first kappa shape index (κ1) is 19.0. The smallest absolute Gasteiger partial charge is 0.191 e. The first-order valence-electron chi connectivity index (χ1n) is 9.69. The van der Waals surface area contributed by atoms with Crippen molar-refractivity contribution in [1.29, 1.82) is 0 Å². The minimum Gasteiger partial charge on any atom is -0.383 e. The zero-order chi connectivity index (χ0) is 20.1. The van der Waals surface area contributed by atoms with Crippen molar-refractivity contribution in [3.05, 3.63) is 52.2 Å². The van der Waals surface area contributed by atoms with Crippen LogP contribution in [0.15, 0.2) is 40.7 Å². The fourth-order valence-electron chi connectivity index (χ4n) is 4.20. The first-order chi connectivity index (χ1) is 13.3. The van der Waals surface area contributed by atoms with E-state index in [2.05, 4.69) is 62.3 Å². The normalized spacial score (nSPS) is 20.4. The molecule has 28 heavy (non-hydrogen) atoms. The fourth-order valence-corrected chi connectivity index (χ4v) is 4.78. The lowest BCUT2D eigenvalue weighted by molar-refractivity contribution is -0.118. The van der Waals surface area contributed by atoms with Gasteiger partial charge < -0.3 is 11.1 Å². The van der Waals surface area contributed by atoms with Gasteiger partial charge in [-0.2, -0.15) is 0 Å². The van der Waals surface area contributed by atoms with E-state index >= 15 is 0 Å². The molecule has 0 amide bonds. The Hall–Kier alpha value is -2.34. The number of ketones is 1. The van der Waals surface area contributed by atoms with Crippen LogP contribution in [0.2, 0.25) is 0 Å². The maximum absolute atomic E-state index is 13.2. The fraction of sp³-hybridized carbons (Fsp3) is 0.409. The number of carbonyl (C=O) groups is 1. The standard InChI is InChI=1S/C22H26N4OS/c1-5-28-21-25-19(23)18-16(13-8-6-12(2)7-9-13)17-14(24-20(18)26-21)10-22(3,4)11-15(17)27/h6-9,16H,5,10-11H2,1-4H3,(H3,23,24,25,26)/t16-/m0/s1. The Balaban J connectivity index is 1.93. The van der Waals surface area contributed by atoms with E-state index < -0.39 is 0 Å². The van der Waals surface area contributed by atoms with Gasteiger partial charge in [-0.1, -0.05) is 62.4 Å². The molecule has 1 atom stereocenters. The highest BCUT2D eigenvalue weighted by molar-refractivity contribution is 7.99. The summed E-state index contributed by atoms with van der Waals surface area (Å²) in [6, 6.07) is 8.32. The topological polar surface area (TPSA) is 80.9 Å². The molecule has 0 unspecified atom stereocenters. The second kappa shape index (κ2) is 6.92. The third-order valence-electron chi connectivity index (χ3n) is 5.41. The van der Waals surface area contributed by atoms with E-state index in [-0.39, 0.29) is 17.1 Å². The number of thioether (sulfide) groups is 1. The number of nitrogen functional groups attached to an aromatic ring is 1. The zero-order valence-electron chi connectivity index (χ0n) is 16.8. The molecule has 2 aromatic rings. The minimum atomic E-state index is -0.226. The van der Waals surface area contributed by atoms with Crippen molar-refractivity contribution in [3.8, 4) is 0 Å². The molecule has 0 radical (unpaired) electrons. The number of aryl methyl sites for hydroxylation is 1. The van der Waals surface area contributed by atoms with Crippen molar-refractivity contribution >= 4 is 29.2 Å². The summed E-state index contributed by atoms with van der Waals surface area (Å²) in [5.74, 6) is 2.01. The van der Waals surface area contributed by atoms with Crippen LogP contribution in [0, 0.1) is 12.3 Å². The van der Waals surface area contributed by atoms with Crippen molar-refractivity contribution in [3.63, 3.8) is 0 Å². The number of nitrogens with one attached hydrogen (secondary N) is 1. The molecule has 0 saturated carbocycles. The molecule has 2 aliphatic rings. The Kier molecular flexibility index (Phi) is 4.70. The van der Waals surface area contributed by atoms with E-state index in [1.54, 1.807) is 11.8 Å². The van der Waals surface area contributed by atoms with Crippen molar-refractivity contribution < 1.29 is 4.79 Å². The van der Waals surface area contributed by atoms with E-state index in [4.69, 9.17) is 10.7 Å². The number of allylic oxidation sites excluding steroid dienone is 2. The van der Waals surface area contributed by atoms with Crippen LogP contribution in [0.1, 0.15) is 56.2 Å². The second-order valence-corrected chi connectivity index (χ2v) is 9.62. The lowest BCUT2D eigenvalue weighted by Crippen LogP contribution is -2.34. The maximum Gasteiger partial charge on any atom is 0.191 e. The van der Waals surface area contributed by atoms with Gasteiger partial charge in [0.2, 0.25) is 0 Å². The van der Waals surface area contributed by atoms with Gasteiger partial charge in [0.25, 0.3) is 0 Å². The number of benzene rings is 1. The number of nitrogens with two attached hydrogens (primary N) is 1. The van der Waals surface area contributed by atoms with Gasteiger partial charge in [0.05, 0.1) is 0 Å². The summed E-state index contributed by atoms with van der Waals surface area (Å²) in [4.78, 5) is 22.5. The molecule has 5 nitrogen and oxygen atoms in total. The lowest BCUT2D eigenvalue weighted by atomic mass is 9.69. The predicted octanol–water partition coefficient (Wildman–Crippen LogP) is 4.68. The quantitative estimate of drug-likeness (QED) is 0.581. The Labute approximate surface area is 170 Å². The van der Waals surface area contributed by atoms with Gasteiger partial charge in [0.1, 0.15) is 11.6 Å². The second-order valence-electron chi connectivity index (χ2n) is 8.39. The van der Waals surface area contributed by atoms with Gasteiger partial charge >= 0.3 is 0 Å². The van der Waals surface area contributed by atoms with Crippen LogP contribution < -0.4 is 11.1 Å². The monoisotopic (exact) mass is 394 g/mol. The highest BCUT2D eigenvalue weighted by Gasteiger charge is 2.42. The van der Waals surface area contributed by atoms with E-state index in [0.717, 1.165) is 40.4 Å². The van der Waals surface area contributed by atoms with Crippen LogP contribution >= 0.6 is 11.8 Å². The SMILES string of the molecule is CCSc1nc(N)c2c(n1)NC1=C(C(=O)CC(C)(C)C1)[C@@H]2c1ccc(C)cc1. The molecule has 1 aromatic heterocycles. The number of carbonyl (C=O) groups excluding carboxylic acids is 1. The van der Waals surface area contributed by atoms with Gasteiger partial charge in [-0.25, -0.2) is 9.97 Å². The first-order valence-corrected chi connectivity index (χ1v) is 10.7. The van der Waals surface area contributed by atoms with Crippen molar-refractivity contribution in [2.24, 2.45) is 5.41 Å². The van der Waals surface area contributed by atoms with E-state index in [1.807, 2.05) is 0 Å². The summed E-state index contributed by atoms with van der Waals surface area (Å²) in [6.07, 6.45) is 1.35. The van der Waals surface area contributed by atoms with Gasteiger partial charge in [0, 0.05) is 29.2 Å². The summed E-state index contributed by atoms with van der Waals surface area (Å²) < 4.78 is 0. The number of rotatable bonds is 3. The van der Waals surface area contributed by atoms with E-state index in [9.17, 15) is 4.79 Å². The molecule has 2 heterocycles. The predicted molar refractivity (Wildman–Crippen MR) is 115 cm³/mol. The molecule has 0 fully saturated rings. The number of Topliss-reactive ketones (excluding diaryl/α,β-unsaturated/α-hetero) is 1. The number of aromatic nitrogens is 2. The zero-order valence-corrected chi connectivity index (χ0v) is 17.6. The number of hydrogen-bond acceptors (Lipinski definition) is 6. The third-order valence-corrected chi connectivity index (χ3v) is 6.13. The Morgan fingerprint density at radius 1 is 1.21 bits per heavy atom. The van der Waals surface area contributed by atoms with Crippen LogP contribution in [0.25, 0.3) is 0 Å². The molecule has 1 aromatic carbocycles. The van der Waals surface area contributed by atoms with Gasteiger partial charge in [-0.05, 0) is 30.1 Å². The average molecular weight is 395 g/mol. The van der Waals surface area contributed by atoms with E-state index in [1.165, 1.54) is 5.56 Å². The maximum atomic E-state index is 13.2. The third kappa shape index (κ3) is 3.30. The van der Waals surface area contributed by atoms with Crippen molar-refractivity contribution in [2.75, 3.05) is 16.8 Å². The Bertz CT molecular complexity index is 979. The molecule has 6 heteroatoms. The number of fused-ring (bicyclic) bond motifs is 1. The number of nitrogens with zero attached hydrogens (tertiary/aromatic N) is 2. The molecule has 4 rings (SSSR count). The molecule has 1 aliphatic carbocycles. The largest absolute Gasteiger partial charge is 0.383 e. The highest BCUT2D eigenvalue weighted by atomic mass is 32.2. The summed E-state index contributed by atoms with van der Waals surface area (Å²) in [6.45, 7) is 8.40. The molecule has 146 valence electrons.